The van der Waals surface area contributed by atoms with Crippen molar-refractivity contribution < 1.29 is 78.1 Å². The number of benzene rings is 3. The molecule has 3 aliphatic heterocycles. The van der Waals surface area contributed by atoms with Gasteiger partial charge in [-0.2, -0.15) is 0 Å². The molecule has 4 radical (unpaired) electrons. The van der Waals surface area contributed by atoms with E-state index in [0.717, 1.165) is 5.70 Å². The third-order valence-corrected chi connectivity index (χ3v) is 11.7. The van der Waals surface area contributed by atoms with Crippen molar-refractivity contribution in [2.75, 3.05) is 52.3 Å². The number of hydrogen-bond acceptors (Lipinski definition) is 10. The van der Waals surface area contributed by atoms with Crippen LogP contribution in [0.5, 0.6) is 17.2 Å². The molecule has 10 nitrogen and oxygen atoms in total. The number of carbonyl (C=O) groups is 1. The third kappa shape index (κ3) is 7.64. The summed E-state index contributed by atoms with van der Waals surface area (Å²) in [6, 6.07) is 12.4. The van der Waals surface area contributed by atoms with Gasteiger partial charge in [-0.05, 0) is 74.9 Å². The Morgan fingerprint density at radius 1 is 0.807 bits per heavy atom. The van der Waals surface area contributed by atoms with E-state index in [4.69, 9.17) is 28.7 Å². The Morgan fingerprint density at radius 3 is 2.00 bits per heavy atom. The first kappa shape index (κ1) is 47.6. The Morgan fingerprint density at radius 2 is 1.42 bits per heavy atom. The summed E-state index contributed by atoms with van der Waals surface area (Å²) in [5.74, 6) is 2.61. The number of aliphatic imine (C=N–C) groups is 2. The van der Waals surface area contributed by atoms with Crippen molar-refractivity contribution in [3.63, 3.8) is 0 Å². The first-order valence-corrected chi connectivity index (χ1v) is 18.0. The van der Waals surface area contributed by atoms with Crippen molar-refractivity contribution in [3.8, 4) is 17.2 Å². The minimum atomic E-state index is -0.724. The maximum atomic E-state index is 12.4. The minimum absolute atomic E-state index is 0. The van der Waals surface area contributed by atoms with E-state index in [1.807, 2.05) is 25.4 Å². The molecule has 7 rings (SSSR count). The van der Waals surface area contributed by atoms with Gasteiger partial charge in [-0.25, -0.2) is 9.98 Å². The van der Waals surface area contributed by atoms with Crippen LogP contribution < -0.4 is 24.0 Å². The summed E-state index contributed by atoms with van der Waals surface area (Å²) in [5.41, 5.74) is 10.8. The van der Waals surface area contributed by atoms with Gasteiger partial charge < -0.3 is 33.5 Å². The molecule has 296 valence electrons. The molecule has 0 fully saturated rings. The smallest absolute Gasteiger partial charge is 0.228 e. The van der Waals surface area contributed by atoms with E-state index in [9.17, 15) is 4.79 Å². The number of anilines is 2. The fraction of sp³-hybridized carbons (Fsp3) is 0.386. The quantitative estimate of drug-likeness (QED) is 0.187. The predicted octanol–water partition coefficient (Wildman–Crippen LogP) is 8.11. The average Bonchev–Trinajstić information content (AvgIpc) is 3.44. The molecule has 13 heteroatoms. The summed E-state index contributed by atoms with van der Waals surface area (Å²) in [7, 11) is 10.4. The van der Waals surface area contributed by atoms with E-state index in [1.165, 1.54) is 65.1 Å². The van der Waals surface area contributed by atoms with Crippen LogP contribution in [0.4, 0.5) is 17.1 Å². The Bertz CT molecular complexity index is 2230. The molecule has 4 aliphatic rings. The molecule has 0 saturated carbocycles. The Balaban J connectivity index is 0.000000290. The molecule has 1 aliphatic carbocycles. The van der Waals surface area contributed by atoms with Crippen LogP contribution in [0.2, 0.25) is 0 Å². The predicted molar refractivity (Wildman–Crippen MR) is 222 cm³/mol. The number of hydrogen-bond donors (Lipinski definition) is 0. The molecule has 0 bridgehead atoms. The van der Waals surface area contributed by atoms with Gasteiger partial charge in [0.15, 0.2) is 23.0 Å². The fourth-order valence-electron chi connectivity index (χ4n) is 8.09. The molecule has 3 aromatic carbocycles. The second-order valence-corrected chi connectivity index (χ2v) is 15.2. The van der Waals surface area contributed by atoms with Gasteiger partial charge in [-0.15, -0.1) is 0 Å². The number of nitrogens with zero attached hydrogens (tertiary/aromatic N) is 4. The van der Waals surface area contributed by atoms with Crippen LogP contribution in [0, 0.1) is 58.8 Å². The third-order valence-electron chi connectivity index (χ3n) is 11.7. The number of methoxy groups -OCH3 is 4. The molecule has 1 atom stereocenters. The summed E-state index contributed by atoms with van der Waals surface area (Å²) in [5, 5.41) is 0. The molecule has 57 heavy (non-hydrogen) atoms. The Labute approximate surface area is 375 Å². The van der Waals surface area contributed by atoms with E-state index in [2.05, 4.69) is 101 Å². The maximum Gasteiger partial charge on any atom is 0.228 e. The number of rotatable bonds is 5. The van der Waals surface area contributed by atoms with Crippen molar-refractivity contribution in [1.82, 2.24) is 0 Å². The maximum absolute atomic E-state index is 12.4. The Hall–Kier alpha value is -3.81. The molecule has 3 heterocycles. The van der Waals surface area contributed by atoms with Crippen molar-refractivity contribution in [2.45, 2.75) is 71.9 Å². The summed E-state index contributed by atoms with van der Waals surface area (Å²) < 4.78 is 28.1. The van der Waals surface area contributed by atoms with E-state index in [-0.39, 0.29) is 80.4 Å². The van der Waals surface area contributed by atoms with E-state index < -0.39 is 5.72 Å². The SMILES string of the molecule is COC1=CC(=O)C(=NC=C2N(C)c3c(ccc(C)c3C)C2(C)C)C(OC)=C1.COc1cc(OC)c2c(c1)OC1(C=N2)N(C)c2c(ccc(C)c2C)C1(C)C.[B].[U].[V]. The topological polar surface area (TPSA) is 94.4 Å². The van der Waals surface area contributed by atoms with E-state index in [0.29, 0.717) is 34.5 Å². The second-order valence-electron chi connectivity index (χ2n) is 15.2. The molecule has 1 unspecified atom stereocenters. The molecule has 0 aromatic heterocycles. The number of aryl methyl sites for hydroxylation is 2. The van der Waals surface area contributed by atoms with Crippen molar-refractivity contribution in [2.24, 2.45) is 9.98 Å². The zero-order chi connectivity index (χ0) is 39.5. The fourth-order valence-corrected chi connectivity index (χ4v) is 8.09. The van der Waals surface area contributed by atoms with Crippen LogP contribution in [0.3, 0.4) is 0 Å². The number of fused-ring (bicyclic) bond motifs is 3. The number of likely N-dealkylation sites (N-methyl/N-ethyl adjacent to an activating group) is 2. The van der Waals surface area contributed by atoms with Gasteiger partial charge in [0, 0.05) is 125 Å². The monoisotopic (exact) mass is 1030 g/mol. The van der Waals surface area contributed by atoms with Crippen LogP contribution in [-0.2, 0) is 43.7 Å². The van der Waals surface area contributed by atoms with Crippen LogP contribution in [0.15, 0.2) is 82.0 Å². The van der Waals surface area contributed by atoms with Crippen molar-refractivity contribution >= 4 is 43.2 Å². The number of ketones is 1. The van der Waals surface area contributed by atoms with Crippen LogP contribution >= 0.6 is 0 Å². The minimum Gasteiger partial charge on any atom is -0.496 e. The molecular formula is C44H52BN4O6UV. The first-order chi connectivity index (χ1) is 25.5. The van der Waals surface area contributed by atoms with Gasteiger partial charge in [-0.3, -0.25) is 4.79 Å². The average molecular weight is 1030 g/mol. The van der Waals surface area contributed by atoms with Crippen LogP contribution in [-0.4, -0.2) is 74.4 Å². The van der Waals surface area contributed by atoms with Crippen LogP contribution in [0.1, 0.15) is 61.1 Å². The molecule has 0 N–H and O–H groups in total. The molecule has 3 aromatic rings. The molecule has 1 spiro atoms. The van der Waals surface area contributed by atoms with E-state index in [1.54, 1.807) is 26.5 Å². The standard InChI is InChI=1S/2C22H26N2O3.B.U.V/c1-13-8-9-16-20(14(13)2)24(5)22(21(16,3)4)12-23-19-17(26-7)10-15(25-6)11-18(19)27-22;1-13-8-9-16-21(14(13)2)24(5)19(22(16,3)4)12-23-20-17(25)10-15(26-6)11-18(20)27-7;;;/h2*8-12H,1-7H3;;;. The van der Waals surface area contributed by atoms with E-state index >= 15 is 0 Å². The largest absolute Gasteiger partial charge is 0.496 e. The van der Waals surface area contributed by atoms with Crippen LogP contribution in [0.25, 0.3) is 0 Å². The summed E-state index contributed by atoms with van der Waals surface area (Å²) in [6.07, 6.45) is 6.79. The van der Waals surface area contributed by atoms with Gasteiger partial charge in [-0.1, -0.05) is 38.1 Å². The van der Waals surface area contributed by atoms with Gasteiger partial charge in [0.25, 0.3) is 0 Å². The second kappa shape index (κ2) is 17.6. The van der Waals surface area contributed by atoms with Gasteiger partial charge in [0.05, 0.1) is 40.1 Å². The normalized spacial score (nSPS) is 20.4. The molecule has 0 saturated heterocycles. The van der Waals surface area contributed by atoms with Gasteiger partial charge in [0.1, 0.15) is 17.2 Å². The number of carbonyl (C=O) groups excluding carboxylic acids is 1. The summed E-state index contributed by atoms with van der Waals surface area (Å²) in [6.45, 7) is 17.3. The summed E-state index contributed by atoms with van der Waals surface area (Å²) in [4.78, 5) is 26.1. The molecule has 0 amide bonds. The van der Waals surface area contributed by atoms with Crippen molar-refractivity contribution in [3.05, 3.63) is 105 Å². The Kier molecular flexibility index (Phi) is 14.7. The zero-order valence-electron chi connectivity index (χ0n) is 35.5. The summed E-state index contributed by atoms with van der Waals surface area (Å²) >= 11 is 0. The zero-order valence-corrected chi connectivity index (χ0v) is 41.1. The number of ether oxygens (including phenoxy) is 5. The van der Waals surface area contributed by atoms with Crippen molar-refractivity contribution in [1.29, 1.82) is 0 Å². The van der Waals surface area contributed by atoms with Gasteiger partial charge in [0.2, 0.25) is 11.5 Å². The first-order valence-electron chi connectivity index (χ1n) is 18.0. The van der Waals surface area contributed by atoms with Gasteiger partial charge >= 0.3 is 0 Å². The molecular weight excluding hydrogens is 980 g/mol. The number of allylic oxidation sites excluding steroid dienone is 4.